The van der Waals surface area contributed by atoms with E-state index in [4.69, 9.17) is 0 Å². The van der Waals surface area contributed by atoms with Crippen molar-refractivity contribution in [1.82, 2.24) is 10.6 Å². The van der Waals surface area contributed by atoms with Crippen LogP contribution in [0.15, 0.2) is 0 Å². The summed E-state index contributed by atoms with van der Waals surface area (Å²) in [5.74, 6) is 1.90. The van der Waals surface area contributed by atoms with E-state index in [2.05, 4.69) is 24.5 Å². The molecule has 2 unspecified atom stereocenters. The van der Waals surface area contributed by atoms with Gasteiger partial charge in [-0.05, 0) is 75.5 Å². The minimum absolute atomic E-state index is 0.639. The van der Waals surface area contributed by atoms with Crippen LogP contribution in [0.3, 0.4) is 0 Å². The summed E-state index contributed by atoms with van der Waals surface area (Å²) in [7, 11) is 0. The van der Waals surface area contributed by atoms with Gasteiger partial charge < -0.3 is 10.6 Å². The Kier molecular flexibility index (Phi) is 4.26. The Labute approximate surface area is 101 Å². The molecular weight excluding hydrogens is 196 g/mol. The van der Waals surface area contributed by atoms with Crippen LogP contribution in [-0.2, 0) is 0 Å². The SMILES string of the molecule is CC1(C)CC1CNCCCC1CCCNC1. The summed E-state index contributed by atoms with van der Waals surface area (Å²) >= 11 is 0. The highest BCUT2D eigenvalue weighted by Crippen LogP contribution is 2.50. The highest BCUT2D eigenvalue weighted by molar-refractivity contribution is 4.95. The lowest BCUT2D eigenvalue weighted by molar-refractivity contribution is 0.347. The van der Waals surface area contributed by atoms with Crippen LogP contribution in [0, 0.1) is 17.3 Å². The number of hydrogen-bond acceptors (Lipinski definition) is 2. The van der Waals surface area contributed by atoms with Crippen molar-refractivity contribution >= 4 is 0 Å². The van der Waals surface area contributed by atoms with Gasteiger partial charge in [0.05, 0.1) is 0 Å². The van der Waals surface area contributed by atoms with Gasteiger partial charge in [0.2, 0.25) is 0 Å². The lowest BCUT2D eigenvalue weighted by Crippen LogP contribution is -2.30. The summed E-state index contributed by atoms with van der Waals surface area (Å²) in [5.41, 5.74) is 0.639. The van der Waals surface area contributed by atoms with Crippen LogP contribution in [0.5, 0.6) is 0 Å². The van der Waals surface area contributed by atoms with Gasteiger partial charge in [-0.1, -0.05) is 13.8 Å². The molecule has 1 heterocycles. The first-order valence-electron chi connectivity index (χ1n) is 7.10. The van der Waals surface area contributed by atoms with Gasteiger partial charge >= 0.3 is 0 Å². The van der Waals surface area contributed by atoms with Crippen LogP contribution < -0.4 is 10.6 Å². The molecule has 1 saturated heterocycles. The van der Waals surface area contributed by atoms with Gasteiger partial charge in [0, 0.05) is 0 Å². The largest absolute Gasteiger partial charge is 0.316 e. The molecule has 16 heavy (non-hydrogen) atoms. The van der Waals surface area contributed by atoms with Gasteiger partial charge in [0.25, 0.3) is 0 Å². The third kappa shape index (κ3) is 3.74. The Bertz CT molecular complexity index is 207. The van der Waals surface area contributed by atoms with E-state index in [1.54, 1.807) is 0 Å². The lowest BCUT2D eigenvalue weighted by Gasteiger charge is -2.22. The fourth-order valence-corrected chi connectivity index (χ4v) is 2.89. The fourth-order valence-electron chi connectivity index (χ4n) is 2.89. The predicted molar refractivity (Wildman–Crippen MR) is 69.6 cm³/mol. The zero-order chi connectivity index (χ0) is 11.4. The van der Waals surface area contributed by atoms with Crippen molar-refractivity contribution < 1.29 is 0 Å². The maximum absolute atomic E-state index is 3.62. The molecule has 0 aromatic rings. The van der Waals surface area contributed by atoms with Crippen LogP contribution in [0.4, 0.5) is 0 Å². The van der Waals surface area contributed by atoms with Crippen LogP contribution in [0.2, 0.25) is 0 Å². The Morgan fingerprint density at radius 1 is 1.38 bits per heavy atom. The molecule has 0 amide bonds. The molecule has 1 aliphatic carbocycles. The van der Waals surface area contributed by atoms with Gasteiger partial charge in [-0.25, -0.2) is 0 Å². The van der Waals surface area contributed by atoms with Crippen LogP contribution in [0.25, 0.3) is 0 Å². The Hall–Kier alpha value is -0.0800. The van der Waals surface area contributed by atoms with Crippen molar-refractivity contribution in [3.05, 3.63) is 0 Å². The van der Waals surface area contributed by atoms with E-state index in [1.807, 2.05) is 0 Å². The van der Waals surface area contributed by atoms with Crippen molar-refractivity contribution in [3.63, 3.8) is 0 Å². The summed E-state index contributed by atoms with van der Waals surface area (Å²) in [6, 6.07) is 0. The van der Waals surface area contributed by atoms with E-state index < -0.39 is 0 Å². The van der Waals surface area contributed by atoms with E-state index in [1.165, 1.54) is 58.3 Å². The first-order chi connectivity index (χ1) is 7.68. The van der Waals surface area contributed by atoms with Gasteiger partial charge in [-0.15, -0.1) is 0 Å². The number of piperidine rings is 1. The molecule has 94 valence electrons. The summed E-state index contributed by atoms with van der Waals surface area (Å²) in [6.07, 6.45) is 7.02. The fraction of sp³-hybridized carbons (Fsp3) is 1.00. The zero-order valence-electron chi connectivity index (χ0n) is 11.0. The molecule has 2 rings (SSSR count). The van der Waals surface area contributed by atoms with Gasteiger partial charge in [-0.2, -0.15) is 0 Å². The first kappa shape index (κ1) is 12.4. The standard InChI is InChI=1S/C14H28N2/c1-14(2)9-13(14)11-16-8-4-6-12-5-3-7-15-10-12/h12-13,15-16H,3-11H2,1-2H3. The first-order valence-corrected chi connectivity index (χ1v) is 7.10. The average Bonchev–Trinajstić information content (AvgIpc) is 2.87. The monoisotopic (exact) mass is 224 g/mol. The Morgan fingerprint density at radius 2 is 2.19 bits per heavy atom. The molecule has 0 aromatic carbocycles. The Morgan fingerprint density at radius 3 is 2.81 bits per heavy atom. The molecule has 1 aliphatic heterocycles. The second-order valence-corrected chi connectivity index (χ2v) is 6.45. The van der Waals surface area contributed by atoms with Crippen LogP contribution in [-0.4, -0.2) is 26.2 Å². The number of nitrogens with one attached hydrogen (secondary N) is 2. The normalized spacial score (nSPS) is 32.6. The molecule has 2 fully saturated rings. The minimum Gasteiger partial charge on any atom is -0.316 e. The third-order valence-corrected chi connectivity index (χ3v) is 4.47. The molecule has 2 aliphatic rings. The van der Waals surface area contributed by atoms with Crippen LogP contribution >= 0.6 is 0 Å². The zero-order valence-corrected chi connectivity index (χ0v) is 11.0. The lowest BCUT2D eigenvalue weighted by atomic mass is 9.95. The second-order valence-electron chi connectivity index (χ2n) is 6.45. The Balaban J connectivity index is 1.43. The molecule has 0 aromatic heterocycles. The second kappa shape index (κ2) is 5.50. The van der Waals surface area contributed by atoms with Gasteiger partial charge in [-0.3, -0.25) is 0 Å². The van der Waals surface area contributed by atoms with Gasteiger partial charge in [0.1, 0.15) is 0 Å². The van der Waals surface area contributed by atoms with E-state index >= 15 is 0 Å². The molecule has 0 spiro atoms. The highest BCUT2D eigenvalue weighted by Gasteiger charge is 2.44. The number of rotatable bonds is 6. The quantitative estimate of drug-likeness (QED) is 0.677. The molecule has 0 radical (unpaired) electrons. The molecule has 2 N–H and O–H groups in total. The topological polar surface area (TPSA) is 24.1 Å². The summed E-state index contributed by atoms with van der Waals surface area (Å²) in [6.45, 7) is 9.74. The van der Waals surface area contributed by atoms with Crippen molar-refractivity contribution in [1.29, 1.82) is 0 Å². The summed E-state index contributed by atoms with van der Waals surface area (Å²) in [5, 5.41) is 7.12. The molecule has 0 bridgehead atoms. The molecule has 1 saturated carbocycles. The van der Waals surface area contributed by atoms with Crippen molar-refractivity contribution in [2.24, 2.45) is 17.3 Å². The maximum Gasteiger partial charge on any atom is -0.00152 e. The van der Waals surface area contributed by atoms with E-state index in [9.17, 15) is 0 Å². The van der Waals surface area contributed by atoms with Crippen molar-refractivity contribution in [3.8, 4) is 0 Å². The molecule has 2 nitrogen and oxygen atoms in total. The van der Waals surface area contributed by atoms with E-state index in [0.29, 0.717) is 5.41 Å². The summed E-state index contributed by atoms with van der Waals surface area (Å²) < 4.78 is 0. The summed E-state index contributed by atoms with van der Waals surface area (Å²) in [4.78, 5) is 0. The third-order valence-electron chi connectivity index (χ3n) is 4.47. The van der Waals surface area contributed by atoms with Gasteiger partial charge in [0.15, 0.2) is 0 Å². The van der Waals surface area contributed by atoms with Crippen molar-refractivity contribution in [2.45, 2.75) is 46.0 Å². The average molecular weight is 224 g/mol. The number of hydrogen-bond donors (Lipinski definition) is 2. The molecule has 2 heteroatoms. The maximum atomic E-state index is 3.62. The van der Waals surface area contributed by atoms with Crippen molar-refractivity contribution in [2.75, 3.05) is 26.2 Å². The van der Waals surface area contributed by atoms with E-state index in [0.717, 1.165) is 11.8 Å². The predicted octanol–water partition coefficient (Wildman–Crippen LogP) is 2.40. The van der Waals surface area contributed by atoms with E-state index in [-0.39, 0.29) is 0 Å². The smallest absolute Gasteiger partial charge is 0.00152 e. The molecule has 2 atom stereocenters. The highest BCUT2D eigenvalue weighted by atomic mass is 14.9. The minimum atomic E-state index is 0.639. The molecular formula is C14H28N2. The van der Waals surface area contributed by atoms with Crippen LogP contribution in [0.1, 0.15) is 46.0 Å².